The van der Waals surface area contributed by atoms with E-state index in [1.165, 1.54) is 11.3 Å². The predicted molar refractivity (Wildman–Crippen MR) is 100 cm³/mol. The van der Waals surface area contributed by atoms with Crippen LogP contribution in [0.25, 0.3) is 10.6 Å². The van der Waals surface area contributed by atoms with Crippen LogP contribution in [0.2, 0.25) is 4.34 Å². The number of nitrogens with zero attached hydrogens (tertiary/aromatic N) is 2. The van der Waals surface area contributed by atoms with Crippen LogP contribution in [0.15, 0.2) is 47.9 Å². The highest BCUT2D eigenvalue weighted by Crippen LogP contribution is 2.55. The van der Waals surface area contributed by atoms with Gasteiger partial charge in [-0.1, -0.05) is 29.8 Å². The molecular formula is C18H10ClN5O2S. The highest BCUT2D eigenvalue weighted by atomic mass is 35.5. The molecule has 1 spiro atoms. The number of rotatable bonds is 1. The van der Waals surface area contributed by atoms with Crippen LogP contribution >= 0.6 is 22.9 Å². The molecule has 0 fully saturated rings. The second-order valence-corrected chi connectivity index (χ2v) is 7.80. The van der Waals surface area contributed by atoms with E-state index in [1.807, 2.05) is 18.2 Å². The minimum atomic E-state index is -1.44. The monoisotopic (exact) mass is 395 g/mol. The fourth-order valence-corrected chi connectivity index (χ4v) is 4.78. The van der Waals surface area contributed by atoms with E-state index in [0.29, 0.717) is 26.8 Å². The normalized spacial score (nSPS) is 20.1. The number of benzene rings is 1. The van der Waals surface area contributed by atoms with Crippen molar-refractivity contribution in [3.8, 4) is 22.5 Å². The third kappa shape index (κ3) is 1.90. The van der Waals surface area contributed by atoms with E-state index >= 15 is 0 Å². The number of fused-ring (bicyclic) bond motifs is 4. The lowest BCUT2D eigenvalue weighted by atomic mass is 9.69. The number of thiophene rings is 1. The van der Waals surface area contributed by atoms with E-state index < -0.39 is 5.41 Å². The largest absolute Gasteiger partial charge is 0.420 e. The van der Waals surface area contributed by atoms with Gasteiger partial charge in [0.1, 0.15) is 17.1 Å². The van der Waals surface area contributed by atoms with Gasteiger partial charge in [-0.15, -0.1) is 16.4 Å². The van der Waals surface area contributed by atoms with Crippen LogP contribution in [0.4, 0.5) is 5.69 Å². The maximum Gasteiger partial charge on any atom is 0.245 e. The number of hydrogen-bond donors (Lipinski definition) is 3. The van der Waals surface area contributed by atoms with Crippen LogP contribution in [-0.2, 0) is 10.2 Å². The minimum absolute atomic E-state index is 0.0303. The quantitative estimate of drug-likeness (QED) is 0.585. The van der Waals surface area contributed by atoms with Gasteiger partial charge in [0.05, 0.1) is 20.5 Å². The predicted octanol–water partition coefficient (Wildman–Crippen LogP) is 3.12. The third-order valence-corrected chi connectivity index (χ3v) is 6.04. The van der Waals surface area contributed by atoms with Gasteiger partial charge in [0, 0.05) is 11.3 Å². The number of nitrogens with two attached hydrogens (primary N) is 1. The zero-order chi connectivity index (χ0) is 18.8. The standard InChI is InChI=1S/C18H10ClN5O2S/c19-12-6-5-11(27-12)14-13-16(24-23-14)26-15(21)9(7-20)18(13)8-3-1-2-4-10(8)22-17(18)25/h1-6H,21H2,(H,22,25)(H,23,24). The summed E-state index contributed by atoms with van der Waals surface area (Å²) in [5, 5.41) is 19.8. The molecule has 1 aromatic carbocycles. The van der Waals surface area contributed by atoms with E-state index in [1.54, 1.807) is 18.2 Å². The SMILES string of the molecule is N#CC1=C(N)Oc2n[nH]c(-c3ccc(Cl)s3)c2C12C(=O)Nc1ccccc12. The molecule has 2 aromatic heterocycles. The first-order valence-corrected chi connectivity index (χ1v) is 9.10. The number of para-hydroxylation sites is 1. The Kier molecular flexibility index (Phi) is 3.16. The van der Waals surface area contributed by atoms with Crippen molar-refractivity contribution in [3.05, 3.63) is 63.3 Å². The van der Waals surface area contributed by atoms with E-state index in [9.17, 15) is 10.1 Å². The Morgan fingerprint density at radius 2 is 2.11 bits per heavy atom. The molecule has 1 unspecified atom stereocenters. The molecule has 7 nitrogen and oxygen atoms in total. The summed E-state index contributed by atoms with van der Waals surface area (Å²) in [6, 6.07) is 12.8. The number of nitriles is 1. The number of H-pyrrole nitrogens is 1. The summed E-state index contributed by atoms with van der Waals surface area (Å²) >= 11 is 7.42. The Morgan fingerprint density at radius 3 is 2.85 bits per heavy atom. The molecular weight excluding hydrogens is 386 g/mol. The van der Waals surface area contributed by atoms with Crippen LogP contribution < -0.4 is 15.8 Å². The van der Waals surface area contributed by atoms with Crippen molar-refractivity contribution in [3.63, 3.8) is 0 Å². The Labute approximate surface area is 162 Å². The molecule has 9 heteroatoms. The number of carbonyl (C=O) groups excluding carboxylic acids is 1. The van der Waals surface area contributed by atoms with Crippen LogP contribution in [0.1, 0.15) is 11.1 Å². The Hall–Kier alpha value is -3.28. The average molecular weight is 396 g/mol. The van der Waals surface area contributed by atoms with Crippen LogP contribution in [0.5, 0.6) is 5.88 Å². The molecule has 2 aliphatic rings. The van der Waals surface area contributed by atoms with Crippen molar-refractivity contribution >= 4 is 34.5 Å². The van der Waals surface area contributed by atoms with E-state index in [4.69, 9.17) is 22.1 Å². The second-order valence-electron chi connectivity index (χ2n) is 6.09. The molecule has 3 aromatic rings. The molecule has 4 heterocycles. The van der Waals surface area contributed by atoms with Crippen LogP contribution in [0, 0.1) is 11.3 Å². The molecule has 0 saturated carbocycles. The summed E-state index contributed by atoms with van der Waals surface area (Å²) in [6.07, 6.45) is 0. The van der Waals surface area contributed by atoms with Crippen LogP contribution in [0.3, 0.4) is 0 Å². The van der Waals surface area contributed by atoms with Gasteiger partial charge in [-0.05, 0) is 18.2 Å². The third-order valence-electron chi connectivity index (χ3n) is 4.79. The van der Waals surface area contributed by atoms with Crippen LogP contribution in [-0.4, -0.2) is 16.1 Å². The molecule has 0 radical (unpaired) electrons. The minimum Gasteiger partial charge on any atom is -0.420 e. The molecule has 0 bridgehead atoms. The lowest BCUT2D eigenvalue weighted by molar-refractivity contribution is -0.118. The number of hydrogen-bond acceptors (Lipinski definition) is 6. The van der Waals surface area contributed by atoms with Gasteiger partial charge in [-0.2, -0.15) is 5.26 Å². The number of nitrogens with one attached hydrogen (secondary N) is 2. The number of aromatic nitrogens is 2. The van der Waals surface area contributed by atoms with Gasteiger partial charge in [0.15, 0.2) is 0 Å². The molecule has 4 N–H and O–H groups in total. The van der Waals surface area contributed by atoms with E-state index in [2.05, 4.69) is 21.6 Å². The Balaban J connectivity index is 1.91. The van der Waals surface area contributed by atoms with Crippen molar-refractivity contribution in [2.24, 2.45) is 5.73 Å². The smallest absolute Gasteiger partial charge is 0.245 e. The van der Waals surface area contributed by atoms with Crippen molar-refractivity contribution in [2.75, 3.05) is 5.32 Å². The zero-order valence-electron chi connectivity index (χ0n) is 13.5. The molecule has 132 valence electrons. The number of carbonyl (C=O) groups is 1. The van der Waals surface area contributed by atoms with E-state index in [-0.39, 0.29) is 23.2 Å². The van der Waals surface area contributed by atoms with Gasteiger partial charge < -0.3 is 15.8 Å². The maximum absolute atomic E-state index is 13.3. The van der Waals surface area contributed by atoms with Crippen molar-refractivity contribution in [1.29, 1.82) is 5.26 Å². The summed E-state index contributed by atoms with van der Waals surface area (Å²) in [7, 11) is 0. The summed E-state index contributed by atoms with van der Waals surface area (Å²) in [5.41, 5.74) is 6.86. The van der Waals surface area contributed by atoms with Gasteiger partial charge in [-0.25, -0.2) is 0 Å². The number of aromatic amines is 1. The van der Waals surface area contributed by atoms with Gasteiger partial charge in [0.25, 0.3) is 0 Å². The van der Waals surface area contributed by atoms with Crippen molar-refractivity contribution in [1.82, 2.24) is 10.2 Å². The summed E-state index contributed by atoms with van der Waals surface area (Å²) in [4.78, 5) is 14.1. The Morgan fingerprint density at radius 1 is 1.30 bits per heavy atom. The molecule has 1 atom stereocenters. The Bertz CT molecular complexity index is 1200. The highest BCUT2D eigenvalue weighted by molar-refractivity contribution is 7.19. The maximum atomic E-state index is 13.3. The molecule has 5 rings (SSSR count). The number of ether oxygens (including phenoxy) is 1. The number of amides is 1. The molecule has 2 aliphatic heterocycles. The number of halogens is 1. The van der Waals surface area contributed by atoms with Gasteiger partial charge >= 0.3 is 0 Å². The van der Waals surface area contributed by atoms with E-state index in [0.717, 1.165) is 4.88 Å². The van der Waals surface area contributed by atoms with Crippen molar-refractivity contribution < 1.29 is 9.53 Å². The highest BCUT2D eigenvalue weighted by Gasteiger charge is 2.58. The number of anilines is 1. The average Bonchev–Trinajstić information content (AvgIpc) is 3.33. The lowest BCUT2D eigenvalue weighted by Crippen LogP contribution is -2.42. The van der Waals surface area contributed by atoms with Gasteiger partial charge in [-0.3, -0.25) is 9.89 Å². The summed E-state index contributed by atoms with van der Waals surface area (Å²) in [5.74, 6) is -0.352. The molecule has 0 aliphatic carbocycles. The first-order valence-electron chi connectivity index (χ1n) is 7.91. The lowest BCUT2D eigenvalue weighted by Gasteiger charge is -2.31. The summed E-state index contributed by atoms with van der Waals surface area (Å²) in [6.45, 7) is 0. The molecule has 1 amide bonds. The zero-order valence-corrected chi connectivity index (χ0v) is 15.1. The summed E-state index contributed by atoms with van der Waals surface area (Å²) < 4.78 is 6.17. The van der Waals surface area contributed by atoms with Gasteiger partial charge in [0.2, 0.25) is 17.7 Å². The van der Waals surface area contributed by atoms with Crippen molar-refractivity contribution in [2.45, 2.75) is 5.41 Å². The first kappa shape index (κ1) is 15.9. The molecule has 0 saturated heterocycles. The second kappa shape index (κ2) is 5.36. The topological polar surface area (TPSA) is 117 Å². The fourth-order valence-electron chi connectivity index (χ4n) is 3.73. The fraction of sp³-hybridized carbons (Fsp3) is 0.0556. The molecule has 27 heavy (non-hydrogen) atoms. The first-order chi connectivity index (χ1) is 13.1.